The van der Waals surface area contributed by atoms with E-state index in [4.69, 9.17) is 14.9 Å². The second-order valence-corrected chi connectivity index (χ2v) is 19.1. The van der Waals surface area contributed by atoms with Crippen LogP contribution in [0.4, 0.5) is 11.5 Å². The molecule has 1 saturated heterocycles. The molecule has 1 unspecified atom stereocenters. The lowest BCUT2D eigenvalue weighted by atomic mass is 9.81. The minimum Gasteiger partial charge on any atom is -0.420 e. The highest BCUT2D eigenvalue weighted by Crippen LogP contribution is 2.31. The molecule has 5 aromatic rings. The number of Topliss-reactive ketones (excluding diaryl/α,β-unsaturated/α-hetero) is 2. The maximum atomic E-state index is 12.3. The predicted molar refractivity (Wildman–Crippen MR) is 294 cm³/mol. The fraction of sp³-hybridized carbons (Fsp3) is 0.466. The van der Waals surface area contributed by atoms with Crippen LogP contribution in [0.5, 0.6) is 0 Å². The number of ether oxygens (including phenoxy) is 1. The minimum absolute atomic E-state index is 0.00250. The number of anilines is 2. The molecule has 0 spiro atoms. The summed E-state index contributed by atoms with van der Waals surface area (Å²) in [7, 11) is 1.59. The van der Waals surface area contributed by atoms with Crippen LogP contribution in [0.15, 0.2) is 89.7 Å². The Morgan fingerprint density at radius 3 is 2.23 bits per heavy atom. The number of aromatic nitrogens is 4. The molecule has 1 fully saturated rings. The quantitative estimate of drug-likeness (QED) is 0.0289. The number of amides is 1. The first-order chi connectivity index (χ1) is 34.8. The van der Waals surface area contributed by atoms with Gasteiger partial charge < -0.3 is 35.2 Å². The molecule has 3 aromatic carbocycles. The largest absolute Gasteiger partial charge is 0.420 e. The van der Waals surface area contributed by atoms with Gasteiger partial charge in [-0.25, -0.2) is 9.97 Å². The van der Waals surface area contributed by atoms with Gasteiger partial charge in [0.15, 0.2) is 11.6 Å². The maximum Gasteiger partial charge on any atom is 0.253 e. The average Bonchev–Trinajstić information content (AvgIpc) is 3.85. The lowest BCUT2D eigenvalue weighted by molar-refractivity contribution is -0.121. The summed E-state index contributed by atoms with van der Waals surface area (Å²) >= 11 is 0. The summed E-state index contributed by atoms with van der Waals surface area (Å²) in [5, 5.41) is 13.9. The molecule has 1 amide bonds. The number of aldehydes is 1. The third kappa shape index (κ3) is 21.2. The molecule has 4 N–H and O–H groups in total. The topological polar surface area (TPSA) is 199 Å². The van der Waals surface area contributed by atoms with Crippen molar-refractivity contribution in [3.05, 3.63) is 130 Å². The number of carbonyl (C=O) groups excluding carboxylic acids is 4. The van der Waals surface area contributed by atoms with E-state index >= 15 is 0 Å². The van der Waals surface area contributed by atoms with E-state index in [9.17, 15) is 19.2 Å². The number of carbonyl (C=O) groups is 4. The van der Waals surface area contributed by atoms with Crippen molar-refractivity contribution in [1.82, 2.24) is 35.7 Å². The van der Waals surface area contributed by atoms with Crippen LogP contribution in [-0.2, 0) is 32.6 Å². The summed E-state index contributed by atoms with van der Waals surface area (Å²) in [4.78, 5) is 57.9. The van der Waals surface area contributed by atoms with Gasteiger partial charge in [0, 0.05) is 95.7 Å². The Kier molecular flexibility index (Phi) is 26.4. The number of hydrogen-bond acceptors (Lipinski definition) is 14. The number of nitrogens with one attached hydrogen (secondary N) is 2. The molecule has 1 aliphatic rings. The number of rotatable bonds is 20. The number of allylic oxidation sites excluding steroid dienone is 1. The molecule has 0 saturated carbocycles. The van der Waals surface area contributed by atoms with Crippen molar-refractivity contribution in [2.75, 3.05) is 76.7 Å². The van der Waals surface area contributed by atoms with Crippen LogP contribution in [-0.4, -0.2) is 115 Å². The van der Waals surface area contributed by atoms with Crippen molar-refractivity contribution in [1.29, 1.82) is 0 Å². The normalized spacial score (nSPS) is 12.6. The van der Waals surface area contributed by atoms with Crippen LogP contribution in [0.25, 0.3) is 17.0 Å². The van der Waals surface area contributed by atoms with Crippen molar-refractivity contribution in [2.45, 2.75) is 107 Å². The average molecular weight is 1000 g/mol. The van der Waals surface area contributed by atoms with E-state index in [0.717, 1.165) is 69.7 Å². The zero-order valence-corrected chi connectivity index (χ0v) is 45.4. The Hall–Kier alpha value is -6.64. The Morgan fingerprint density at radius 1 is 0.932 bits per heavy atom. The second kappa shape index (κ2) is 31.7. The summed E-state index contributed by atoms with van der Waals surface area (Å²) in [5.74, 6) is 1.59. The molecule has 0 bridgehead atoms. The zero-order chi connectivity index (χ0) is 53.9. The van der Waals surface area contributed by atoms with E-state index < -0.39 is 0 Å². The van der Waals surface area contributed by atoms with Crippen molar-refractivity contribution < 1.29 is 28.3 Å². The Bertz CT molecular complexity index is 2560. The lowest BCUT2D eigenvalue weighted by Crippen LogP contribution is -2.47. The second-order valence-electron chi connectivity index (χ2n) is 19.1. The van der Waals surface area contributed by atoms with Gasteiger partial charge in [0.1, 0.15) is 17.9 Å². The Balaban J connectivity index is 0.000000343. The van der Waals surface area contributed by atoms with Gasteiger partial charge in [-0.2, -0.15) is 0 Å². The van der Waals surface area contributed by atoms with Gasteiger partial charge in [0.25, 0.3) is 5.89 Å². The van der Waals surface area contributed by atoms with E-state index in [2.05, 4.69) is 137 Å². The number of hydrogen-bond donors (Lipinski definition) is 3. The van der Waals surface area contributed by atoms with E-state index in [-0.39, 0.29) is 28.8 Å². The van der Waals surface area contributed by atoms with Gasteiger partial charge in [-0.1, -0.05) is 107 Å². The standard InChI is InChI=1S/C28H38N8O4.C15H20.C8H10.C7H13NO2/c1-19(37)22-6-4-7-24(26(22)20(2)38)36-14-12-35(13-15-36)11-5-16-39-17-10-30-9-8-25-33-34-28(40-25)23-18-31-21(3)32-27(23)29;1-7-12(3)13-9-8-11(2)10-14(13)15(4,5)6;1-2-8-6-4-3-5-7-8;1-6(5-9)3-4-7(10)8-2/h4,6-7,18,30H,5,8-17H2,1-3H3,(H2,29,31,32);8-10H,1H2,2-6H3;3-7H,2H2,1H3;5-6H,3-4H2,1-2H3,(H,8,10). The number of piperazine rings is 1. The number of nitrogens with two attached hydrogens (primary N) is 1. The van der Waals surface area contributed by atoms with Crippen LogP contribution in [0.1, 0.15) is 129 Å². The van der Waals surface area contributed by atoms with Crippen LogP contribution in [0.3, 0.4) is 0 Å². The summed E-state index contributed by atoms with van der Waals surface area (Å²) in [6.07, 6.45) is 6.23. The minimum atomic E-state index is -0.0814. The monoisotopic (exact) mass is 1000 g/mol. The number of benzene rings is 3. The van der Waals surface area contributed by atoms with Gasteiger partial charge in [0.05, 0.1) is 17.7 Å². The summed E-state index contributed by atoms with van der Waals surface area (Å²) in [6, 6.07) is 22.6. The lowest BCUT2D eigenvalue weighted by Gasteiger charge is -2.37. The van der Waals surface area contributed by atoms with Gasteiger partial charge in [-0.15, -0.1) is 15.9 Å². The molecule has 394 valence electrons. The number of nitrogens with zero attached hydrogens (tertiary/aromatic N) is 6. The van der Waals surface area contributed by atoms with Gasteiger partial charge in [-0.3, -0.25) is 19.3 Å². The third-order valence-corrected chi connectivity index (χ3v) is 12.1. The fourth-order valence-corrected chi connectivity index (χ4v) is 7.72. The van der Waals surface area contributed by atoms with Gasteiger partial charge in [-0.05, 0) is 87.6 Å². The highest BCUT2D eigenvalue weighted by atomic mass is 16.5. The molecule has 2 aromatic heterocycles. The smallest absolute Gasteiger partial charge is 0.253 e. The molecule has 15 heteroatoms. The Labute approximate surface area is 434 Å². The SMILES string of the molecule is C=C=C(C)c1ccc(C)cc1C(C)(C)C.CC(=O)c1cccc(N2CCN(CCCOCCNCCc3nnc(-c4cnc(C)nc4N)o3)CC2)c1C(C)=O.CCc1ccccc1.CNC(=O)CCC(C)C=O. The van der Waals surface area contributed by atoms with Gasteiger partial charge in [0.2, 0.25) is 11.8 Å². The summed E-state index contributed by atoms with van der Waals surface area (Å²) < 4.78 is 11.5. The molecule has 0 radical (unpaired) electrons. The maximum absolute atomic E-state index is 12.3. The molecule has 15 nitrogen and oxygen atoms in total. The highest BCUT2D eigenvalue weighted by molar-refractivity contribution is 6.10. The number of aryl methyl sites for hydroxylation is 3. The van der Waals surface area contributed by atoms with Crippen molar-refractivity contribution in [3.8, 4) is 11.5 Å². The Morgan fingerprint density at radius 2 is 1.64 bits per heavy atom. The van der Waals surface area contributed by atoms with Crippen LogP contribution in [0, 0.1) is 19.8 Å². The first-order valence-corrected chi connectivity index (χ1v) is 25.3. The first-order valence-electron chi connectivity index (χ1n) is 25.3. The number of ketones is 2. The molecule has 3 heterocycles. The van der Waals surface area contributed by atoms with E-state index in [1.54, 1.807) is 33.2 Å². The molecule has 0 aliphatic carbocycles. The molecular weight excluding hydrogens is 919 g/mol. The van der Waals surface area contributed by atoms with E-state index in [0.29, 0.717) is 79.1 Å². The molecule has 73 heavy (non-hydrogen) atoms. The molecular formula is C58H81N9O6. The van der Waals surface area contributed by atoms with Crippen LogP contribution in [0.2, 0.25) is 0 Å². The third-order valence-electron chi connectivity index (χ3n) is 12.1. The van der Waals surface area contributed by atoms with Crippen LogP contribution >= 0.6 is 0 Å². The van der Waals surface area contributed by atoms with Crippen molar-refractivity contribution in [3.63, 3.8) is 0 Å². The van der Waals surface area contributed by atoms with E-state index in [1.165, 1.54) is 36.1 Å². The van der Waals surface area contributed by atoms with Crippen LogP contribution < -0.4 is 21.3 Å². The molecule has 1 atom stereocenters. The zero-order valence-electron chi connectivity index (χ0n) is 45.4. The number of nitrogen functional groups attached to an aromatic ring is 1. The first kappa shape index (κ1) is 60.7. The molecule has 6 rings (SSSR count). The van der Waals surface area contributed by atoms with E-state index in [1.807, 2.05) is 18.2 Å². The van der Waals surface area contributed by atoms with Gasteiger partial charge >= 0.3 is 0 Å². The van der Waals surface area contributed by atoms with Crippen molar-refractivity contribution >= 4 is 40.8 Å². The highest BCUT2D eigenvalue weighted by Gasteiger charge is 2.24. The summed E-state index contributed by atoms with van der Waals surface area (Å²) in [5.41, 5.74) is 18.0. The summed E-state index contributed by atoms with van der Waals surface area (Å²) in [6.45, 7) is 30.6. The fourth-order valence-electron chi connectivity index (χ4n) is 7.72. The predicted octanol–water partition coefficient (Wildman–Crippen LogP) is 9.26. The molecule has 1 aliphatic heterocycles. The van der Waals surface area contributed by atoms with Crippen molar-refractivity contribution in [2.24, 2.45) is 5.92 Å².